The summed E-state index contributed by atoms with van der Waals surface area (Å²) in [7, 11) is 2.08. The maximum Gasteiger partial charge on any atom is 0.327 e. The highest BCUT2D eigenvalue weighted by Crippen LogP contribution is 2.39. The van der Waals surface area contributed by atoms with Gasteiger partial charge in [0.25, 0.3) is 0 Å². The Kier molecular flexibility index (Phi) is 4.85. The predicted molar refractivity (Wildman–Crippen MR) is 75.7 cm³/mol. The van der Waals surface area contributed by atoms with Gasteiger partial charge in [0.1, 0.15) is 5.54 Å². The normalized spacial score (nSPS) is 23.6. The van der Waals surface area contributed by atoms with Gasteiger partial charge in [0.05, 0.1) is 6.61 Å². The van der Waals surface area contributed by atoms with Crippen LogP contribution in [0.25, 0.3) is 0 Å². The zero-order valence-corrected chi connectivity index (χ0v) is 12.4. The first-order valence-electron chi connectivity index (χ1n) is 7.71. The van der Waals surface area contributed by atoms with E-state index in [2.05, 4.69) is 11.9 Å². The zero-order chi connectivity index (χ0) is 13.9. The van der Waals surface area contributed by atoms with Crippen LogP contribution in [0.5, 0.6) is 0 Å². The maximum atomic E-state index is 12.1. The average molecular weight is 268 g/mol. The number of hydrogen-bond donors (Lipinski definition) is 1. The number of likely N-dealkylation sites (N-methyl/N-ethyl adjacent to an activating group) is 1. The number of nitrogens with two attached hydrogens (primary N) is 1. The molecule has 0 saturated heterocycles. The molecule has 2 aliphatic rings. The average Bonchev–Trinajstić information content (AvgIpc) is 3.10. The number of esters is 1. The van der Waals surface area contributed by atoms with Gasteiger partial charge in [0, 0.05) is 13.1 Å². The van der Waals surface area contributed by atoms with Crippen molar-refractivity contribution in [1.82, 2.24) is 4.90 Å². The van der Waals surface area contributed by atoms with E-state index in [-0.39, 0.29) is 5.97 Å². The summed E-state index contributed by atoms with van der Waals surface area (Å²) in [6, 6.07) is 0. The fraction of sp³-hybridized carbons (Fsp3) is 0.933. The van der Waals surface area contributed by atoms with Crippen molar-refractivity contribution >= 4 is 5.97 Å². The van der Waals surface area contributed by atoms with Gasteiger partial charge in [0.2, 0.25) is 0 Å². The minimum Gasteiger partial charge on any atom is -0.465 e. The summed E-state index contributed by atoms with van der Waals surface area (Å²) in [5.74, 6) is 0.893. The van der Waals surface area contributed by atoms with E-state index >= 15 is 0 Å². The van der Waals surface area contributed by atoms with Gasteiger partial charge in [-0.3, -0.25) is 0 Å². The van der Waals surface area contributed by atoms with Crippen LogP contribution in [0.4, 0.5) is 0 Å². The summed E-state index contributed by atoms with van der Waals surface area (Å²) in [5, 5.41) is 0. The highest BCUT2D eigenvalue weighted by molar-refractivity contribution is 5.82. The van der Waals surface area contributed by atoms with Crippen molar-refractivity contribution < 1.29 is 9.53 Å². The molecule has 2 N–H and O–H groups in total. The van der Waals surface area contributed by atoms with E-state index < -0.39 is 5.54 Å². The Morgan fingerprint density at radius 1 is 1.32 bits per heavy atom. The minimum absolute atomic E-state index is 0.212. The molecule has 2 fully saturated rings. The molecular weight excluding hydrogens is 240 g/mol. The highest BCUT2D eigenvalue weighted by atomic mass is 16.5. The minimum atomic E-state index is -0.788. The summed E-state index contributed by atoms with van der Waals surface area (Å²) in [6.07, 6.45) is 7.48. The number of nitrogens with zero attached hydrogens (tertiary/aromatic N) is 1. The zero-order valence-electron chi connectivity index (χ0n) is 12.4. The molecule has 0 spiro atoms. The molecule has 110 valence electrons. The molecule has 2 rings (SSSR count). The van der Waals surface area contributed by atoms with Crippen molar-refractivity contribution in [2.24, 2.45) is 17.6 Å². The van der Waals surface area contributed by atoms with E-state index in [4.69, 9.17) is 10.5 Å². The molecular formula is C15H28N2O2. The van der Waals surface area contributed by atoms with Crippen LogP contribution in [0, 0.1) is 11.8 Å². The van der Waals surface area contributed by atoms with Gasteiger partial charge in [-0.25, -0.2) is 4.79 Å². The molecule has 0 aliphatic heterocycles. The van der Waals surface area contributed by atoms with Gasteiger partial charge in [-0.05, 0) is 51.5 Å². The fourth-order valence-corrected chi connectivity index (χ4v) is 3.37. The number of ether oxygens (including phenoxy) is 1. The second kappa shape index (κ2) is 6.23. The molecule has 0 heterocycles. The Balaban J connectivity index is 1.89. The Hall–Kier alpha value is -0.610. The summed E-state index contributed by atoms with van der Waals surface area (Å²) in [4.78, 5) is 14.4. The summed E-state index contributed by atoms with van der Waals surface area (Å²) in [5.41, 5.74) is 5.60. The van der Waals surface area contributed by atoms with E-state index in [9.17, 15) is 4.79 Å². The first kappa shape index (κ1) is 14.8. The molecule has 1 unspecified atom stereocenters. The van der Waals surface area contributed by atoms with Gasteiger partial charge in [0.15, 0.2) is 0 Å². The second-order valence-corrected chi connectivity index (χ2v) is 6.38. The number of rotatable bonds is 7. The maximum absolute atomic E-state index is 12.1. The van der Waals surface area contributed by atoms with Crippen molar-refractivity contribution in [3.05, 3.63) is 0 Å². The number of carbonyl (C=O) groups excluding carboxylic acids is 1. The topological polar surface area (TPSA) is 55.6 Å². The first-order valence-corrected chi connectivity index (χ1v) is 7.71. The third-order valence-corrected chi connectivity index (χ3v) is 4.54. The van der Waals surface area contributed by atoms with Crippen LogP contribution in [0.1, 0.15) is 45.4 Å². The molecule has 4 heteroatoms. The van der Waals surface area contributed by atoms with E-state index in [1.807, 2.05) is 6.92 Å². The molecule has 4 nitrogen and oxygen atoms in total. The van der Waals surface area contributed by atoms with Gasteiger partial charge in [-0.1, -0.05) is 12.8 Å². The lowest BCUT2D eigenvalue weighted by Gasteiger charge is -2.32. The lowest BCUT2D eigenvalue weighted by atomic mass is 9.93. The van der Waals surface area contributed by atoms with Crippen LogP contribution < -0.4 is 5.73 Å². The smallest absolute Gasteiger partial charge is 0.327 e. The lowest BCUT2D eigenvalue weighted by Crippen LogP contribution is -2.58. The first-order chi connectivity index (χ1) is 9.06. The molecule has 0 amide bonds. The third kappa shape index (κ3) is 3.69. The SMILES string of the molecule is CCOC(=O)C(N)(CN(C)CC1CCCC1)C1CC1. The molecule has 0 radical (unpaired) electrons. The molecule has 0 aromatic heterocycles. The Morgan fingerprint density at radius 3 is 2.47 bits per heavy atom. The standard InChI is InChI=1S/C15H28N2O2/c1-3-19-14(18)15(16,13-8-9-13)11-17(2)10-12-6-4-5-7-12/h12-13H,3-11,16H2,1-2H3. The van der Waals surface area contributed by atoms with Crippen molar-refractivity contribution in [1.29, 1.82) is 0 Å². The van der Waals surface area contributed by atoms with Crippen molar-refractivity contribution in [2.45, 2.75) is 51.0 Å². The summed E-state index contributed by atoms with van der Waals surface area (Å²) < 4.78 is 5.19. The van der Waals surface area contributed by atoms with Gasteiger partial charge in [-0.15, -0.1) is 0 Å². The molecule has 0 aromatic carbocycles. The van der Waals surface area contributed by atoms with Crippen LogP contribution in [0.15, 0.2) is 0 Å². The molecule has 2 aliphatic carbocycles. The van der Waals surface area contributed by atoms with Gasteiger partial charge < -0.3 is 15.4 Å². The quantitative estimate of drug-likeness (QED) is 0.715. The highest BCUT2D eigenvalue weighted by Gasteiger charge is 2.49. The van der Waals surface area contributed by atoms with Crippen molar-refractivity contribution in [2.75, 3.05) is 26.7 Å². The molecule has 0 aromatic rings. The summed E-state index contributed by atoms with van der Waals surface area (Å²) in [6.45, 7) is 3.95. The number of carbonyl (C=O) groups is 1. The lowest BCUT2D eigenvalue weighted by molar-refractivity contribution is -0.151. The molecule has 1 atom stereocenters. The second-order valence-electron chi connectivity index (χ2n) is 6.38. The fourth-order valence-electron chi connectivity index (χ4n) is 3.37. The largest absolute Gasteiger partial charge is 0.465 e. The van der Waals surface area contributed by atoms with E-state index in [1.54, 1.807) is 0 Å². The molecule has 0 bridgehead atoms. The monoisotopic (exact) mass is 268 g/mol. The molecule has 2 saturated carbocycles. The van der Waals surface area contributed by atoms with E-state index in [0.29, 0.717) is 19.1 Å². The third-order valence-electron chi connectivity index (χ3n) is 4.54. The van der Waals surface area contributed by atoms with Crippen LogP contribution in [0.3, 0.4) is 0 Å². The van der Waals surface area contributed by atoms with Crippen LogP contribution >= 0.6 is 0 Å². The van der Waals surface area contributed by atoms with Gasteiger partial charge >= 0.3 is 5.97 Å². The molecule has 19 heavy (non-hydrogen) atoms. The Morgan fingerprint density at radius 2 is 1.95 bits per heavy atom. The van der Waals surface area contributed by atoms with Crippen LogP contribution in [-0.4, -0.2) is 43.2 Å². The van der Waals surface area contributed by atoms with Crippen molar-refractivity contribution in [3.8, 4) is 0 Å². The van der Waals surface area contributed by atoms with Crippen LogP contribution in [-0.2, 0) is 9.53 Å². The predicted octanol–water partition coefficient (Wildman–Crippen LogP) is 1.78. The van der Waals surface area contributed by atoms with E-state index in [1.165, 1.54) is 25.7 Å². The van der Waals surface area contributed by atoms with Crippen LogP contribution in [0.2, 0.25) is 0 Å². The van der Waals surface area contributed by atoms with Crippen molar-refractivity contribution in [3.63, 3.8) is 0 Å². The van der Waals surface area contributed by atoms with E-state index in [0.717, 1.165) is 25.3 Å². The van der Waals surface area contributed by atoms with Gasteiger partial charge in [-0.2, -0.15) is 0 Å². The number of hydrogen-bond acceptors (Lipinski definition) is 4. The summed E-state index contributed by atoms with van der Waals surface area (Å²) >= 11 is 0. The Labute approximate surface area is 116 Å². The Bertz CT molecular complexity index is 311.